The van der Waals surface area contributed by atoms with Crippen molar-refractivity contribution in [3.63, 3.8) is 0 Å². The summed E-state index contributed by atoms with van der Waals surface area (Å²) in [6, 6.07) is 14.9. The molecule has 1 aliphatic heterocycles. The van der Waals surface area contributed by atoms with E-state index >= 15 is 0 Å². The van der Waals surface area contributed by atoms with Crippen LogP contribution >= 0.6 is 0 Å². The fraction of sp³-hybridized carbons (Fsp3) is 0.222. The fourth-order valence-corrected chi connectivity index (χ4v) is 6.00. The van der Waals surface area contributed by atoms with E-state index in [1.54, 1.807) is 24.3 Å². The quantitative estimate of drug-likeness (QED) is 0.286. The third kappa shape index (κ3) is 5.76. The van der Waals surface area contributed by atoms with Crippen molar-refractivity contribution in [3.8, 4) is 11.5 Å². The summed E-state index contributed by atoms with van der Waals surface area (Å²) in [6.45, 7) is 0.194. The summed E-state index contributed by atoms with van der Waals surface area (Å²) in [7, 11) is -4.15. The molecular formula is C27H22F4N2O5S. The van der Waals surface area contributed by atoms with Crippen LogP contribution in [0.5, 0.6) is 11.5 Å². The van der Waals surface area contributed by atoms with Gasteiger partial charge in [-0.2, -0.15) is 17.5 Å². The molecule has 0 aliphatic carbocycles. The van der Waals surface area contributed by atoms with Gasteiger partial charge in [-0.25, -0.2) is 12.8 Å². The minimum atomic E-state index is -4.45. The number of ether oxygens (including phenoxy) is 1. The molecular weight excluding hydrogens is 540 g/mol. The predicted molar refractivity (Wildman–Crippen MR) is 133 cm³/mol. The predicted octanol–water partition coefficient (Wildman–Crippen LogP) is 5.85. The number of sulfonamides is 1. The van der Waals surface area contributed by atoms with E-state index in [0.717, 1.165) is 22.5 Å². The number of hydrogen-bond donors (Lipinski definition) is 1. The van der Waals surface area contributed by atoms with E-state index in [9.17, 15) is 30.8 Å². The van der Waals surface area contributed by atoms with Crippen LogP contribution in [0.15, 0.2) is 82.3 Å². The van der Waals surface area contributed by atoms with E-state index in [0.29, 0.717) is 29.5 Å². The average Bonchev–Trinajstić information content (AvgIpc) is 3.55. The lowest BCUT2D eigenvalue weighted by Gasteiger charge is -2.22. The summed E-state index contributed by atoms with van der Waals surface area (Å²) >= 11 is 0. The van der Waals surface area contributed by atoms with E-state index in [2.05, 4.69) is 5.32 Å². The summed E-state index contributed by atoms with van der Waals surface area (Å²) < 4.78 is 90.5. The Labute approximate surface area is 221 Å². The van der Waals surface area contributed by atoms with Crippen molar-refractivity contribution in [3.05, 3.63) is 89.7 Å². The molecule has 1 amide bonds. The van der Waals surface area contributed by atoms with Gasteiger partial charge in [-0.3, -0.25) is 4.79 Å². The molecule has 7 nitrogen and oxygen atoms in total. The number of amides is 1. The Bertz CT molecular complexity index is 1620. The normalized spacial score (nSPS) is 16.5. The molecule has 204 valence electrons. The van der Waals surface area contributed by atoms with E-state index in [4.69, 9.17) is 9.15 Å². The highest BCUT2D eigenvalue weighted by atomic mass is 32.2. The number of alkyl halides is 3. The molecule has 1 saturated heterocycles. The molecule has 1 N–H and O–H groups in total. The van der Waals surface area contributed by atoms with Gasteiger partial charge in [-0.05, 0) is 73.0 Å². The van der Waals surface area contributed by atoms with Crippen molar-refractivity contribution in [2.24, 2.45) is 0 Å². The van der Waals surface area contributed by atoms with Crippen LogP contribution in [0.25, 0.3) is 11.0 Å². The van der Waals surface area contributed by atoms with Crippen LogP contribution in [0.4, 0.5) is 17.6 Å². The number of halogens is 4. The SMILES string of the molecule is O=C(NCc1cccc(Oc2ccc(C(F)(F)F)cc2)c1)C1CCCN1S(=O)(=O)c1cc2cc(F)ccc2o1. The first-order valence-corrected chi connectivity index (χ1v) is 13.4. The highest BCUT2D eigenvalue weighted by Gasteiger charge is 2.41. The number of carbonyl (C=O) groups is 1. The van der Waals surface area contributed by atoms with E-state index < -0.39 is 39.5 Å². The summed E-state index contributed by atoms with van der Waals surface area (Å²) in [6.07, 6.45) is -3.66. The minimum Gasteiger partial charge on any atom is -0.457 e. The van der Waals surface area contributed by atoms with E-state index in [1.165, 1.54) is 30.3 Å². The third-order valence-corrected chi connectivity index (χ3v) is 8.07. The Kier molecular flexibility index (Phi) is 7.08. The van der Waals surface area contributed by atoms with Crippen LogP contribution in [-0.2, 0) is 27.5 Å². The van der Waals surface area contributed by atoms with Crippen molar-refractivity contribution >= 4 is 26.9 Å². The maximum Gasteiger partial charge on any atom is 0.416 e. The van der Waals surface area contributed by atoms with Crippen molar-refractivity contribution in [2.75, 3.05) is 6.54 Å². The maximum atomic E-state index is 13.5. The Morgan fingerprint density at radius 2 is 1.79 bits per heavy atom. The Balaban J connectivity index is 1.24. The van der Waals surface area contributed by atoms with Gasteiger partial charge in [0.15, 0.2) is 0 Å². The Morgan fingerprint density at radius 1 is 1.03 bits per heavy atom. The molecule has 4 aromatic rings. The van der Waals surface area contributed by atoms with Crippen molar-refractivity contribution in [1.29, 1.82) is 0 Å². The first-order valence-electron chi connectivity index (χ1n) is 11.9. The number of rotatable bonds is 7. The van der Waals surface area contributed by atoms with Gasteiger partial charge in [0.2, 0.25) is 11.0 Å². The van der Waals surface area contributed by atoms with Gasteiger partial charge in [0.05, 0.1) is 5.56 Å². The molecule has 39 heavy (non-hydrogen) atoms. The maximum absolute atomic E-state index is 13.5. The fourth-order valence-electron chi connectivity index (χ4n) is 4.40. The van der Waals surface area contributed by atoms with Gasteiger partial charge in [0.1, 0.15) is 28.9 Å². The molecule has 1 atom stereocenters. The highest BCUT2D eigenvalue weighted by molar-refractivity contribution is 7.89. The molecule has 5 rings (SSSR count). The Hall–Kier alpha value is -3.90. The monoisotopic (exact) mass is 562 g/mol. The lowest BCUT2D eigenvalue weighted by Crippen LogP contribution is -2.45. The van der Waals surface area contributed by atoms with Gasteiger partial charge in [-0.15, -0.1) is 0 Å². The second-order valence-corrected chi connectivity index (χ2v) is 10.8. The molecule has 1 aromatic heterocycles. The minimum absolute atomic E-state index is 0.0668. The third-order valence-electron chi connectivity index (χ3n) is 6.31. The zero-order valence-corrected chi connectivity index (χ0v) is 21.1. The largest absolute Gasteiger partial charge is 0.457 e. The smallest absolute Gasteiger partial charge is 0.416 e. The van der Waals surface area contributed by atoms with Crippen molar-refractivity contribution in [2.45, 2.75) is 36.7 Å². The second-order valence-electron chi connectivity index (χ2n) is 9.01. The first-order chi connectivity index (χ1) is 18.5. The number of carbonyl (C=O) groups excluding carboxylic acids is 1. The van der Waals surface area contributed by atoms with Gasteiger partial charge in [0, 0.05) is 24.5 Å². The molecule has 12 heteroatoms. The zero-order chi connectivity index (χ0) is 27.8. The van der Waals surface area contributed by atoms with Gasteiger partial charge < -0.3 is 14.5 Å². The molecule has 0 spiro atoms. The number of nitrogens with one attached hydrogen (secondary N) is 1. The summed E-state index contributed by atoms with van der Waals surface area (Å²) in [5.74, 6) is -0.455. The van der Waals surface area contributed by atoms with Crippen LogP contribution < -0.4 is 10.1 Å². The number of nitrogens with zero attached hydrogens (tertiary/aromatic N) is 1. The average molecular weight is 563 g/mol. The molecule has 3 aromatic carbocycles. The number of fused-ring (bicyclic) bond motifs is 1. The number of benzene rings is 3. The standard InChI is InChI=1S/C27H22F4N2O5S/c28-20-8-11-24-18(14-20)15-25(38-24)39(35,36)33-12-2-5-23(33)26(34)32-16-17-3-1-4-22(13-17)37-21-9-6-19(7-10-21)27(29,30)31/h1,3-4,6-11,13-15,23H,2,5,12,16H2,(H,32,34). The van der Waals surface area contributed by atoms with Crippen LogP contribution in [0.2, 0.25) is 0 Å². The lowest BCUT2D eigenvalue weighted by molar-refractivity contribution is -0.137. The topological polar surface area (TPSA) is 88.9 Å². The molecule has 1 aliphatic rings. The molecule has 0 bridgehead atoms. The van der Waals surface area contributed by atoms with Gasteiger partial charge >= 0.3 is 6.18 Å². The van der Waals surface area contributed by atoms with Crippen LogP contribution in [0.3, 0.4) is 0 Å². The molecule has 1 fully saturated rings. The Morgan fingerprint density at radius 3 is 2.54 bits per heavy atom. The molecule has 1 unspecified atom stereocenters. The summed E-state index contributed by atoms with van der Waals surface area (Å²) in [5, 5.41) is 2.67. The van der Waals surface area contributed by atoms with E-state index in [-0.39, 0.29) is 29.5 Å². The summed E-state index contributed by atoms with van der Waals surface area (Å²) in [5.41, 5.74) is 0.0662. The van der Waals surface area contributed by atoms with E-state index in [1.807, 2.05) is 0 Å². The zero-order valence-electron chi connectivity index (χ0n) is 20.2. The van der Waals surface area contributed by atoms with Crippen molar-refractivity contribution < 1.29 is 39.9 Å². The molecule has 0 saturated carbocycles. The number of hydrogen-bond acceptors (Lipinski definition) is 5. The number of furan rings is 1. The van der Waals surface area contributed by atoms with Gasteiger partial charge in [0.25, 0.3) is 10.0 Å². The van der Waals surface area contributed by atoms with Gasteiger partial charge in [-0.1, -0.05) is 12.1 Å². The van der Waals surface area contributed by atoms with Crippen LogP contribution in [-0.4, -0.2) is 31.2 Å². The molecule has 2 heterocycles. The second kappa shape index (κ2) is 10.3. The summed E-state index contributed by atoms with van der Waals surface area (Å²) in [4.78, 5) is 13.0. The van der Waals surface area contributed by atoms with Crippen LogP contribution in [0.1, 0.15) is 24.0 Å². The molecule has 0 radical (unpaired) electrons. The van der Waals surface area contributed by atoms with Crippen LogP contribution in [0, 0.1) is 5.82 Å². The first kappa shape index (κ1) is 26.7. The van der Waals surface area contributed by atoms with Crippen molar-refractivity contribution in [1.82, 2.24) is 9.62 Å². The lowest BCUT2D eigenvalue weighted by atomic mass is 10.2. The highest BCUT2D eigenvalue weighted by Crippen LogP contribution is 2.32.